The maximum atomic E-state index is 5.95. The molecule has 0 aliphatic heterocycles. The summed E-state index contributed by atoms with van der Waals surface area (Å²) in [5.41, 5.74) is 9.28. The molecule has 1 rings (SSSR count). The van der Waals surface area contributed by atoms with Gasteiger partial charge in [0.25, 0.3) is 0 Å². The normalized spacial score (nSPS) is 12.1. The van der Waals surface area contributed by atoms with Gasteiger partial charge in [-0.2, -0.15) is 0 Å². The van der Waals surface area contributed by atoms with Crippen molar-refractivity contribution in [2.45, 2.75) is 33.2 Å². The Morgan fingerprint density at radius 1 is 1.36 bits per heavy atom. The van der Waals surface area contributed by atoms with Crippen molar-refractivity contribution in [1.29, 1.82) is 0 Å². The molecule has 11 heavy (non-hydrogen) atoms. The first kappa shape index (κ1) is 8.34. The summed E-state index contributed by atoms with van der Waals surface area (Å²) in [6.45, 7) is 8.13. The fourth-order valence-corrected chi connectivity index (χ4v) is 1.39. The molecule has 1 heterocycles. The van der Waals surface area contributed by atoms with E-state index in [4.69, 9.17) is 5.73 Å². The van der Waals surface area contributed by atoms with E-state index in [1.165, 1.54) is 17.0 Å². The monoisotopic (exact) mass is 152 g/mol. The van der Waals surface area contributed by atoms with Gasteiger partial charge in [0.2, 0.25) is 0 Å². The first-order chi connectivity index (χ1) is 4.91. The molecular formula is C9H16N2. The second-order valence-corrected chi connectivity index (χ2v) is 3.71. The Morgan fingerprint density at radius 3 is 2.09 bits per heavy atom. The minimum atomic E-state index is -0.227. The van der Waals surface area contributed by atoms with Crippen LogP contribution in [0, 0.1) is 13.8 Å². The molecule has 0 saturated carbocycles. The van der Waals surface area contributed by atoms with Crippen molar-refractivity contribution in [3.63, 3.8) is 0 Å². The summed E-state index contributed by atoms with van der Waals surface area (Å²) in [4.78, 5) is 3.23. The molecular weight excluding hydrogens is 136 g/mol. The van der Waals surface area contributed by atoms with E-state index in [9.17, 15) is 0 Å². The highest BCUT2D eigenvalue weighted by Gasteiger charge is 2.17. The van der Waals surface area contributed by atoms with Crippen LogP contribution in [0.1, 0.15) is 30.8 Å². The van der Waals surface area contributed by atoms with E-state index in [0.29, 0.717) is 0 Å². The SMILES string of the molecule is Cc1cc(C(C)(C)N)c(C)[nH]1. The zero-order chi connectivity index (χ0) is 8.65. The van der Waals surface area contributed by atoms with Crippen LogP contribution in [0.5, 0.6) is 0 Å². The molecule has 2 nitrogen and oxygen atoms in total. The topological polar surface area (TPSA) is 41.8 Å². The summed E-state index contributed by atoms with van der Waals surface area (Å²) in [7, 11) is 0. The molecule has 3 N–H and O–H groups in total. The maximum Gasteiger partial charge on any atom is 0.0370 e. The van der Waals surface area contributed by atoms with E-state index < -0.39 is 0 Å². The number of aromatic nitrogens is 1. The smallest absolute Gasteiger partial charge is 0.0370 e. The molecule has 0 bridgehead atoms. The van der Waals surface area contributed by atoms with Crippen molar-refractivity contribution in [2.24, 2.45) is 5.73 Å². The van der Waals surface area contributed by atoms with Gasteiger partial charge in [0.1, 0.15) is 0 Å². The summed E-state index contributed by atoms with van der Waals surface area (Å²) in [6.07, 6.45) is 0. The van der Waals surface area contributed by atoms with Crippen LogP contribution in [0.25, 0.3) is 0 Å². The van der Waals surface area contributed by atoms with Crippen molar-refractivity contribution in [1.82, 2.24) is 4.98 Å². The quantitative estimate of drug-likeness (QED) is 0.633. The Kier molecular flexibility index (Phi) is 1.80. The van der Waals surface area contributed by atoms with Gasteiger partial charge in [-0.15, -0.1) is 0 Å². The van der Waals surface area contributed by atoms with Gasteiger partial charge in [-0.1, -0.05) is 0 Å². The van der Waals surface area contributed by atoms with Crippen molar-refractivity contribution in [2.75, 3.05) is 0 Å². The lowest BCUT2D eigenvalue weighted by Crippen LogP contribution is -2.28. The van der Waals surface area contributed by atoms with Crippen LogP contribution in [0.4, 0.5) is 0 Å². The summed E-state index contributed by atoms with van der Waals surface area (Å²) in [6, 6.07) is 2.11. The molecule has 0 spiro atoms. The molecule has 0 aliphatic carbocycles. The maximum absolute atomic E-state index is 5.95. The number of aryl methyl sites for hydroxylation is 2. The Balaban J connectivity index is 3.13. The zero-order valence-electron chi connectivity index (χ0n) is 7.65. The summed E-state index contributed by atoms with van der Waals surface area (Å²) >= 11 is 0. The summed E-state index contributed by atoms with van der Waals surface area (Å²) in [5.74, 6) is 0. The molecule has 0 unspecified atom stereocenters. The fraction of sp³-hybridized carbons (Fsp3) is 0.556. The summed E-state index contributed by atoms with van der Waals surface area (Å²) < 4.78 is 0. The van der Waals surface area contributed by atoms with Gasteiger partial charge in [-0.3, -0.25) is 0 Å². The fourth-order valence-electron chi connectivity index (χ4n) is 1.39. The standard InChI is InChI=1S/C9H16N2/c1-6-5-8(7(2)11-6)9(3,4)10/h5,11H,10H2,1-4H3. The third-order valence-corrected chi connectivity index (χ3v) is 1.84. The zero-order valence-corrected chi connectivity index (χ0v) is 7.65. The molecule has 0 aliphatic rings. The number of hydrogen-bond donors (Lipinski definition) is 2. The lowest BCUT2D eigenvalue weighted by Gasteiger charge is -2.17. The molecule has 62 valence electrons. The number of nitrogens with one attached hydrogen (secondary N) is 1. The van der Waals surface area contributed by atoms with Crippen LogP contribution in [-0.2, 0) is 5.54 Å². The molecule has 1 aromatic heterocycles. The largest absolute Gasteiger partial charge is 0.362 e. The molecule has 0 amide bonds. The van der Waals surface area contributed by atoms with E-state index in [1.807, 2.05) is 20.8 Å². The molecule has 0 atom stereocenters. The van der Waals surface area contributed by atoms with Crippen LogP contribution in [0.3, 0.4) is 0 Å². The van der Waals surface area contributed by atoms with Gasteiger partial charge in [0, 0.05) is 16.9 Å². The third-order valence-electron chi connectivity index (χ3n) is 1.84. The van der Waals surface area contributed by atoms with E-state index >= 15 is 0 Å². The van der Waals surface area contributed by atoms with Crippen molar-refractivity contribution in [3.8, 4) is 0 Å². The molecule has 2 heteroatoms. The number of aromatic amines is 1. The molecule has 0 aromatic carbocycles. The average Bonchev–Trinajstić information content (AvgIpc) is 2.08. The predicted molar refractivity (Wildman–Crippen MR) is 47.5 cm³/mol. The van der Waals surface area contributed by atoms with Crippen LogP contribution < -0.4 is 5.73 Å². The van der Waals surface area contributed by atoms with Crippen LogP contribution in [0.15, 0.2) is 6.07 Å². The number of nitrogens with two attached hydrogens (primary N) is 1. The van der Waals surface area contributed by atoms with Crippen molar-refractivity contribution < 1.29 is 0 Å². The van der Waals surface area contributed by atoms with E-state index in [2.05, 4.69) is 18.0 Å². The van der Waals surface area contributed by atoms with Crippen molar-refractivity contribution in [3.05, 3.63) is 23.0 Å². The highest BCUT2D eigenvalue weighted by atomic mass is 14.8. The van der Waals surface area contributed by atoms with E-state index in [1.54, 1.807) is 0 Å². The third kappa shape index (κ3) is 1.63. The van der Waals surface area contributed by atoms with Gasteiger partial charge in [0.15, 0.2) is 0 Å². The highest BCUT2D eigenvalue weighted by Crippen LogP contribution is 2.21. The second-order valence-electron chi connectivity index (χ2n) is 3.71. The number of hydrogen-bond acceptors (Lipinski definition) is 1. The Morgan fingerprint density at radius 2 is 1.91 bits per heavy atom. The van der Waals surface area contributed by atoms with E-state index in [0.717, 1.165) is 0 Å². The Labute approximate surface area is 67.8 Å². The van der Waals surface area contributed by atoms with Gasteiger partial charge >= 0.3 is 0 Å². The molecule has 0 radical (unpaired) electrons. The van der Waals surface area contributed by atoms with Crippen molar-refractivity contribution >= 4 is 0 Å². The molecule has 1 aromatic rings. The lowest BCUT2D eigenvalue weighted by molar-refractivity contribution is 0.551. The Hall–Kier alpha value is -0.760. The lowest BCUT2D eigenvalue weighted by atomic mass is 9.96. The molecule has 0 saturated heterocycles. The molecule has 0 fully saturated rings. The van der Waals surface area contributed by atoms with E-state index in [-0.39, 0.29) is 5.54 Å². The first-order valence-corrected chi connectivity index (χ1v) is 3.87. The number of H-pyrrole nitrogens is 1. The van der Waals surface area contributed by atoms with Gasteiger partial charge in [0.05, 0.1) is 0 Å². The van der Waals surface area contributed by atoms with Gasteiger partial charge in [-0.05, 0) is 39.3 Å². The average molecular weight is 152 g/mol. The summed E-state index contributed by atoms with van der Waals surface area (Å²) in [5, 5.41) is 0. The number of rotatable bonds is 1. The Bertz CT molecular complexity index is 253. The van der Waals surface area contributed by atoms with Crippen LogP contribution >= 0.6 is 0 Å². The van der Waals surface area contributed by atoms with Gasteiger partial charge in [-0.25, -0.2) is 0 Å². The van der Waals surface area contributed by atoms with Crippen LogP contribution in [0.2, 0.25) is 0 Å². The first-order valence-electron chi connectivity index (χ1n) is 3.87. The van der Waals surface area contributed by atoms with Gasteiger partial charge < -0.3 is 10.7 Å². The minimum Gasteiger partial charge on any atom is -0.362 e. The predicted octanol–water partition coefficient (Wildman–Crippen LogP) is 1.83. The highest BCUT2D eigenvalue weighted by molar-refractivity contribution is 5.30. The second kappa shape index (κ2) is 2.38. The van der Waals surface area contributed by atoms with Crippen LogP contribution in [-0.4, -0.2) is 4.98 Å². The minimum absolute atomic E-state index is 0.227.